The van der Waals surface area contributed by atoms with Crippen LogP contribution in [0.3, 0.4) is 0 Å². The van der Waals surface area contributed by atoms with Gasteiger partial charge < -0.3 is 10.0 Å². The van der Waals surface area contributed by atoms with Crippen LogP contribution >= 0.6 is 0 Å². The zero-order chi connectivity index (χ0) is 12.8. The smallest absolute Gasteiger partial charge is 0.174 e. The van der Waals surface area contributed by atoms with E-state index in [0.29, 0.717) is 0 Å². The van der Waals surface area contributed by atoms with Crippen molar-refractivity contribution in [3.05, 3.63) is 65.7 Å². The maximum atomic E-state index is 11.0. The minimum Gasteiger partial charge on any atom is -0.373 e. The summed E-state index contributed by atoms with van der Waals surface area (Å²) in [6.07, 6.45) is 0. The summed E-state index contributed by atoms with van der Waals surface area (Å²) >= 11 is 0. The molecule has 2 aromatic carbocycles. The number of aliphatic hydroxyl groups is 1. The van der Waals surface area contributed by atoms with Crippen LogP contribution in [0.2, 0.25) is 0 Å². The van der Waals surface area contributed by atoms with Gasteiger partial charge in [-0.2, -0.15) is 0 Å². The summed E-state index contributed by atoms with van der Waals surface area (Å²) in [5, 5.41) is 19.2. The number of anilines is 1. The normalized spacial score (nSPS) is 22.1. The van der Waals surface area contributed by atoms with E-state index in [4.69, 9.17) is 5.41 Å². The maximum absolute atomic E-state index is 11.0. The first-order valence-electron chi connectivity index (χ1n) is 5.86. The Kier molecular flexibility index (Phi) is 2.25. The lowest BCUT2D eigenvalue weighted by Gasteiger charge is -2.24. The highest BCUT2D eigenvalue weighted by Crippen LogP contribution is 2.43. The molecule has 1 aliphatic rings. The first-order valence-corrected chi connectivity index (χ1v) is 5.86. The van der Waals surface area contributed by atoms with Gasteiger partial charge in [-0.25, -0.2) is 0 Å². The highest BCUT2D eigenvalue weighted by atomic mass is 16.3. The molecule has 3 nitrogen and oxygen atoms in total. The van der Waals surface area contributed by atoms with Crippen LogP contribution in [-0.4, -0.2) is 18.0 Å². The van der Waals surface area contributed by atoms with E-state index in [1.54, 1.807) is 4.90 Å². The van der Waals surface area contributed by atoms with Crippen molar-refractivity contribution in [2.75, 3.05) is 11.9 Å². The molecular weight excluding hydrogens is 224 g/mol. The maximum Gasteiger partial charge on any atom is 0.174 e. The minimum atomic E-state index is -1.34. The van der Waals surface area contributed by atoms with Gasteiger partial charge in [-0.15, -0.1) is 0 Å². The molecule has 0 aromatic heterocycles. The van der Waals surface area contributed by atoms with Gasteiger partial charge in [0.15, 0.2) is 5.60 Å². The number of nitrogens with one attached hydrogen (secondary N) is 1. The Morgan fingerprint density at radius 2 is 1.61 bits per heavy atom. The van der Waals surface area contributed by atoms with Crippen molar-refractivity contribution in [3.8, 4) is 0 Å². The molecule has 1 heterocycles. The number of amidine groups is 1. The molecule has 0 fully saturated rings. The van der Waals surface area contributed by atoms with E-state index in [0.717, 1.165) is 16.8 Å². The van der Waals surface area contributed by atoms with Gasteiger partial charge in [-0.05, 0) is 11.6 Å². The summed E-state index contributed by atoms with van der Waals surface area (Å²) in [5.41, 5.74) is 1.04. The highest BCUT2D eigenvalue weighted by molar-refractivity contribution is 6.10. The third-order valence-corrected chi connectivity index (χ3v) is 3.52. The van der Waals surface area contributed by atoms with Crippen LogP contribution in [0.5, 0.6) is 0 Å². The number of hydrogen-bond donors (Lipinski definition) is 2. The first-order chi connectivity index (χ1) is 8.65. The van der Waals surface area contributed by atoms with E-state index in [1.807, 2.05) is 61.6 Å². The molecule has 0 saturated heterocycles. The lowest BCUT2D eigenvalue weighted by molar-refractivity contribution is 0.158. The first kappa shape index (κ1) is 11.0. The molecule has 90 valence electrons. The average molecular weight is 238 g/mol. The number of rotatable bonds is 1. The van der Waals surface area contributed by atoms with Crippen molar-refractivity contribution in [1.29, 1.82) is 5.41 Å². The van der Waals surface area contributed by atoms with Gasteiger partial charge in [-0.3, -0.25) is 5.41 Å². The quantitative estimate of drug-likeness (QED) is 0.801. The van der Waals surface area contributed by atoms with Gasteiger partial charge in [0.05, 0.1) is 0 Å². The van der Waals surface area contributed by atoms with E-state index in [2.05, 4.69) is 0 Å². The monoisotopic (exact) mass is 238 g/mol. The van der Waals surface area contributed by atoms with Crippen molar-refractivity contribution < 1.29 is 5.11 Å². The van der Waals surface area contributed by atoms with Gasteiger partial charge >= 0.3 is 0 Å². The van der Waals surface area contributed by atoms with Crippen LogP contribution in [0.15, 0.2) is 54.6 Å². The van der Waals surface area contributed by atoms with Gasteiger partial charge in [-0.1, -0.05) is 48.5 Å². The van der Waals surface area contributed by atoms with Crippen molar-refractivity contribution in [1.82, 2.24) is 0 Å². The van der Waals surface area contributed by atoms with Gasteiger partial charge in [0, 0.05) is 18.3 Å². The second-order valence-electron chi connectivity index (χ2n) is 4.50. The van der Waals surface area contributed by atoms with Crippen LogP contribution < -0.4 is 4.90 Å². The van der Waals surface area contributed by atoms with E-state index in [-0.39, 0.29) is 5.84 Å². The molecule has 0 spiro atoms. The van der Waals surface area contributed by atoms with Crippen LogP contribution in [0, 0.1) is 5.41 Å². The minimum absolute atomic E-state index is 0.190. The zero-order valence-corrected chi connectivity index (χ0v) is 10.1. The predicted octanol–water partition coefficient (Wildman–Crippen LogP) is 2.35. The van der Waals surface area contributed by atoms with E-state index in [9.17, 15) is 5.11 Å². The highest BCUT2D eigenvalue weighted by Gasteiger charge is 2.46. The molecule has 0 aliphatic carbocycles. The van der Waals surface area contributed by atoms with Gasteiger partial charge in [0.1, 0.15) is 5.84 Å². The van der Waals surface area contributed by atoms with Crippen molar-refractivity contribution in [2.45, 2.75) is 5.60 Å². The Bertz CT molecular complexity index is 609. The third kappa shape index (κ3) is 1.25. The molecule has 0 bridgehead atoms. The van der Waals surface area contributed by atoms with Crippen LogP contribution in [0.4, 0.5) is 5.69 Å². The van der Waals surface area contributed by atoms with Crippen LogP contribution in [0.1, 0.15) is 11.1 Å². The summed E-state index contributed by atoms with van der Waals surface area (Å²) in [7, 11) is 1.81. The van der Waals surface area contributed by atoms with E-state index < -0.39 is 5.60 Å². The van der Waals surface area contributed by atoms with Crippen LogP contribution in [0.25, 0.3) is 0 Å². The van der Waals surface area contributed by atoms with E-state index >= 15 is 0 Å². The molecule has 1 atom stereocenters. The molecule has 1 unspecified atom stereocenters. The molecule has 2 aromatic rings. The SMILES string of the molecule is CN1C(=N)C(O)(c2ccccc2)c2ccccc21. The topological polar surface area (TPSA) is 47.3 Å². The zero-order valence-electron chi connectivity index (χ0n) is 10.1. The lowest BCUT2D eigenvalue weighted by atomic mass is 9.87. The summed E-state index contributed by atoms with van der Waals surface area (Å²) in [5.74, 6) is 0.190. The third-order valence-electron chi connectivity index (χ3n) is 3.52. The molecule has 3 heteroatoms. The Labute approximate surface area is 106 Å². The number of hydrogen-bond acceptors (Lipinski definition) is 2. The fourth-order valence-corrected chi connectivity index (χ4v) is 2.53. The Hall–Kier alpha value is -2.13. The summed E-state index contributed by atoms with van der Waals surface area (Å²) in [4.78, 5) is 1.72. The number of fused-ring (bicyclic) bond motifs is 1. The van der Waals surface area contributed by atoms with Gasteiger partial charge in [0.25, 0.3) is 0 Å². The molecule has 0 amide bonds. The Morgan fingerprint density at radius 3 is 2.33 bits per heavy atom. The largest absolute Gasteiger partial charge is 0.373 e. The van der Waals surface area contributed by atoms with Crippen LogP contribution in [-0.2, 0) is 5.60 Å². The molecule has 1 aliphatic heterocycles. The number of nitrogens with zero attached hydrogens (tertiary/aromatic N) is 1. The summed E-state index contributed by atoms with van der Waals surface area (Å²) in [6, 6.07) is 17.0. The number of likely N-dealkylation sites (N-methyl/N-ethyl adjacent to an activating group) is 1. The van der Waals surface area contributed by atoms with Crippen molar-refractivity contribution in [3.63, 3.8) is 0 Å². The van der Waals surface area contributed by atoms with E-state index in [1.165, 1.54) is 0 Å². The average Bonchev–Trinajstić information content (AvgIpc) is 2.64. The van der Waals surface area contributed by atoms with Gasteiger partial charge in [0.2, 0.25) is 0 Å². The second-order valence-corrected chi connectivity index (χ2v) is 4.50. The number of benzene rings is 2. The summed E-state index contributed by atoms with van der Waals surface area (Å²) < 4.78 is 0. The Balaban J connectivity index is 2.27. The van der Waals surface area contributed by atoms with Crippen molar-refractivity contribution in [2.24, 2.45) is 0 Å². The molecular formula is C15H14N2O. The molecule has 0 radical (unpaired) electrons. The molecule has 0 saturated carbocycles. The fourth-order valence-electron chi connectivity index (χ4n) is 2.53. The lowest BCUT2D eigenvalue weighted by Crippen LogP contribution is -2.38. The Morgan fingerprint density at radius 1 is 1.00 bits per heavy atom. The molecule has 3 rings (SSSR count). The number of para-hydroxylation sites is 1. The van der Waals surface area contributed by atoms with Crippen molar-refractivity contribution >= 4 is 11.5 Å². The molecule has 2 N–H and O–H groups in total. The second kappa shape index (κ2) is 3.68. The fraction of sp³-hybridized carbons (Fsp3) is 0.133. The predicted molar refractivity (Wildman–Crippen MR) is 72.0 cm³/mol. The summed E-state index contributed by atoms with van der Waals surface area (Å²) in [6.45, 7) is 0. The molecule has 18 heavy (non-hydrogen) atoms. The standard InChI is InChI=1S/C15H14N2O/c1-17-13-10-6-5-9-12(13)15(18,14(17)16)11-7-3-2-4-8-11/h2-10,16,18H,1H3.